The lowest BCUT2D eigenvalue weighted by molar-refractivity contribution is 0.00473. The maximum atomic E-state index is 6.11. The zero-order chi connectivity index (χ0) is 15.3. The van der Waals surface area contributed by atoms with Crippen molar-refractivity contribution in [1.29, 1.82) is 0 Å². The van der Waals surface area contributed by atoms with Gasteiger partial charge in [0.25, 0.3) is 0 Å². The Bertz CT molecular complexity index is 710. The van der Waals surface area contributed by atoms with E-state index < -0.39 is 0 Å². The maximum absolute atomic E-state index is 6.11. The first-order valence-corrected chi connectivity index (χ1v) is 8.47. The lowest BCUT2D eigenvalue weighted by Crippen LogP contribution is -2.49. The second-order valence-electron chi connectivity index (χ2n) is 6.36. The van der Waals surface area contributed by atoms with Gasteiger partial charge in [-0.3, -0.25) is 4.90 Å². The number of benzene rings is 1. The zero-order valence-corrected chi connectivity index (χ0v) is 14.0. The summed E-state index contributed by atoms with van der Waals surface area (Å²) in [6, 6.07) is 6.26. The molecule has 2 saturated heterocycles. The molecule has 4 rings (SSSR count). The van der Waals surface area contributed by atoms with Crippen molar-refractivity contribution in [3.63, 3.8) is 0 Å². The Morgan fingerprint density at radius 3 is 2.86 bits per heavy atom. The third-order valence-electron chi connectivity index (χ3n) is 5.33. The van der Waals surface area contributed by atoms with Gasteiger partial charge in [0.1, 0.15) is 11.4 Å². The molecule has 116 valence electrons. The summed E-state index contributed by atoms with van der Waals surface area (Å²) in [7, 11) is 2.22. The Morgan fingerprint density at radius 1 is 1.18 bits per heavy atom. The predicted octanol–water partition coefficient (Wildman–Crippen LogP) is 4.18. The largest absolute Gasteiger partial charge is 0.279 e. The van der Waals surface area contributed by atoms with Crippen LogP contribution in [0.4, 0.5) is 0 Å². The van der Waals surface area contributed by atoms with E-state index >= 15 is 0 Å². The van der Waals surface area contributed by atoms with E-state index in [4.69, 9.17) is 23.2 Å². The Labute approximate surface area is 140 Å². The van der Waals surface area contributed by atoms with Crippen molar-refractivity contribution < 1.29 is 0 Å². The Hall–Kier alpha value is -1.10. The van der Waals surface area contributed by atoms with Gasteiger partial charge in [0, 0.05) is 11.6 Å². The van der Waals surface area contributed by atoms with E-state index in [9.17, 15) is 0 Å². The molecular formula is C16H18Cl2N4. The number of piperidine rings is 1. The van der Waals surface area contributed by atoms with Crippen LogP contribution in [-0.4, -0.2) is 33.0 Å². The number of hydrogen-bond acceptors (Lipinski definition) is 3. The van der Waals surface area contributed by atoms with Gasteiger partial charge in [-0.15, -0.1) is 5.10 Å². The summed E-state index contributed by atoms with van der Waals surface area (Å²) in [5, 5.41) is 9.90. The van der Waals surface area contributed by atoms with Crippen molar-refractivity contribution in [1.82, 2.24) is 19.9 Å². The predicted molar refractivity (Wildman–Crippen MR) is 88.1 cm³/mol. The first-order chi connectivity index (χ1) is 10.6. The smallest absolute Gasteiger partial charge is 0.116 e. The van der Waals surface area contributed by atoms with Crippen molar-refractivity contribution in [3.8, 4) is 11.3 Å². The molecule has 4 nitrogen and oxygen atoms in total. The van der Waals surface area contributed by atoms with E-state index in [0.717, 1.165) is 24.1 Å². The fourth-order valence-corrected chi connectivity index (χ4v) is 4.31. The molecular weight excluding hydrogens is 319 g/mol. The van der Waals surface area contributed by atoms with Crippen molar-refractivity contribution in [2.45, 2.75) is 43.8 Å². The summed E-state index contributed by atoms with van der Waals surface area (Å²) in [5.41, 5.74) is 1.80. The molecule has 3 heterocycles. The lowest BCUT2D eigenvalue weighted by Gasteiger charge is -2.42. The Morgan fingerprint density at radius 2 is 2.05 bits per heavy atom. The molecule has 2 aromatic rings. The number of fused-ring (bicyclic) bond motifs is 2. The normalized spacial score (nSPS) is 28.2. The molecule has 2 atom stereocenters. The van der Waals surface area contributed by atoms with Crippen LogP contribution in [0.25, 0.3) is 11.3 Å². The molecule has 0 aliphatic carbocycles. The van der Waals surface area contributed by atoms with Crippen molar-refractivity contribution >= 4 is 23.2 Å². The number of aromatic nitrogens is 3. The highest BCUT2D eigenvalue weighted by Crippen LogP contribution is 2.46. The highest BCUT2D eigenvalue weighted by molar-refractivity contribution is 6.42. The van der Waals surface area contributed by atoms with Crippen LogP contribution >= 0.6 is 23.2 Å². The SMILES string of the molecule is CN1[C@@H]2CCC[C@@]1(n1cc(-c3ccc(Cl)c(Cl)c3)nn1)CC2. The molecule has 2 bridgehead atoms. The summed E-state index contributed by atoms with van der Waals surface area (Å²) in [6.45, 7) is 0. The summed E-state index contributed by atoms with van der Waals surface area (Å²) >= 11 is 12.1. The fraction of sp³-hybridized carbons (Fsp3) is 0.500. The van der Waals surface area contributed by atoms with E-state index in [1.54, 1.807) is 6.07 Å². The van der Waals surface area contributed by atoms with E-state index in [1.165, 1.54) is 19.3 Å². The first kappa shape index (κ1) is 14.5. The van der Waals surface area contributed by atoms with Gasteiger partial charge < -0.3 is 0 Å². The molecule has 2 aliphatic rings. The molecule has 0 N–H and O–H groups in total. The summed E-state index contributed by atoms with van der Waals surface area (Å²) < 4.78 is 2.06. The summed E-state index contributed by atoms with van der Waals surface area (Å²) in [5.74, 6) is 0. The zero-order valence-electron chi connectivity index (χ0n) is 12.5. The van der Waals surface area contributed by atoms with E-state index in [1.807, 2.05) is 18.3 Å². The molecule has 1 aromatic carbocycles. The maximum Gasteiger partial charge on any atom is 0.116 e. The monoisotopic (exact) mass is 336 g/mol. The molecule has 0 saturated carbocycles. The average molecular weight is 337 g/mol. The molecule has 0 radical (unpaired) electrons. The second-order valence-corrected chi connectivity index (χ2v) is 7.17. The fourth-order valence-electron chi connectivity index (χ4n) is 4.01. The van der Waals surface area contributed by atoms with Crippen LogP contribution in [0, 0.1) is 0 Å². The molecule has 0 unspecified atom stereocenters. The van der Waals surface area contributed by atoms with E-state index in [2.05, 4.69) is 26.9 Å². The van der Waals surface area contributed by atoms with Gasteiger partial charge >= 0.3 is 0 Å². The highest BCUT2D eigenvalue weighted by Gasteiger charge is 2.48. The molecule has 6 heteroatoms. The quantitative estimate of drug-likeness (QED) is 0.824. The van der Waals surface area contributed by atoms with Gasteiger partial charge in [-0.25, -0.2) is 4.68 Å². The molecule has 22 heavy (non-hydrogen) atoms. The molecule has 0 spiro atoms. The Balaban J connectivity index is 1.71. The van der Waals surface area contributed by atoms with Crippen LogP contribution in [0.2, 0.25) is 10.0 Å². The van der Waals surface area contributed by atoms with Gasteiger partial charge in [-0.1, -0.05) is 34.5 Å². The third kappa shape index (κ3) is 2.08. The van der Waals surface area contributed by atoms with E-state index in [-0.39, 0.29) is 5.66 Å². The van der Waals surface area contributed by atoms with Gasteiger partial charge in [0.05, 0.1) is 16.2 Å². The van der Waals surface area contributed by atoms with Crippen LogP contribution in [0.15, 0.2) is 24.4 Å². The number of rotatable bonds is 2. The number of halogens is 2. The van der Waals surface area contributed by atoms with Gasteiger partial charge in [0.15, 0.2) is 0 Å². The van der Waals surface area contributed by atoms with Gasteiger partial charge in [-0.05, 0) is 51.3 Å². The minimum absolute atomic E-state index is 0.00435. The number of hydrogen-bond donors (Lipinski definition) is 0. The van der Waals surface area contributed by atoms with Gasteiger partial charge in [0.2, 0.25) is 0 Å². The van der Waals surface area contributed by atoms with Gasteiger partial charge in [-0.2, -0.15) is 0 Å². The van der Waals surface area contributed by atoms with Crippen LogP contribution in [0.5, 0.6) is 0 Å². The van der Waals surface area contributed by atoms with Crippen LogP contribution in [-0.2, 0) is 5.66 Å². The minimum Gasteiger partial charge on any atom is -0.279 e. The van der Waals surface area contributed by atoms with Crippen LogP contribution in [0.1, 0.15) is 32.1 Å². The molecule has 2 fully saturated rings. The summed E-state index contributed by atoms with van der Waals surface area (Å²) in [6.07, 6.45) is 8.15. The molecule has 0 amide bonds. The van der Waals surface area contributed by atoms with Crippen molar-refractivity contribution in [3.05, 3.63) is 34.4 Å². The van der Waals surface area contributed by atoms with Crippen LogP contribution in [0.3, 0.4) is 0 Å². The highest BCUT2D eigenvalue weighted by atomic mass is 35.5. The second kappa shape index (κ2) is 5.22. The molecule has 1 aromatic heterocycles. The Kier molecular flexibility index (Phi) is 3.44. The van der Waals surface area contributed by atoms with Crippen molar-refractivity contribution in [2.24, 2.45) is 0 Å². The number of nitrogens with zero attached hydrogens (tertiary/aromatic N) is 4. The topological polar surface area (TPSA) is 34.0 Å². The van der Waals surface area contributed by atoms with E-state index in [0.29, 0.717) is 16.1 Å². The standard InChI is InChI=1S/C16H18Cl2N4/c1-21-12-3-2-7-16(21,8-6-12)22-10-15(19-20-22)11-4-5-13(17)14(18)9-11/h4-5,9-10,12H,2-3,6-8H2,1H3/t12-,16-/m1/s1. The average Bonchev–Trinajstić information content (AvgIpc) is 3.04. The molecule has 2 aliphatic heterocycles. The lowest BCUT2D eigenvalue weighted by atomic mass is 9.97. The first-order valence-electron chi connectivity index (χ1n) is 7.71. The third-order valence-corrected chi connectivity index (χ3v) is 6.07. The van der Waals surface area contributed by atoms with Crippen LogP contribution < -0.4 is 0 Å². The summed E-state index contributed by atoms with van der Waals surface area (Å²) in [4.78, 5) is 2.49. The van der Waals surface area contributed by atoms with Crippen molar-refractivity contribution in [2.75, 3.05) is 7.05 Å². The minimum atomic E-state index is 0.00435.